The van der Waals surface area contributed by atoms with Gasteiger partial charge in [0.25, 0.3) is 0 Å². The number of carboxylic acids is 1. The molecule has 0 rings (SSSR count). The van der Waals surface area contributed by atoms with Crippen molar-refractivity contribution >= 4 is 21.9 Å². The minimum Gasteiger partial charge on any atom is -0.481 e. The zero-order valence-electron chi connectivity index (χ0n) is 12.0. The van der Waals surface area contributed by atoms with Crippen LogP contribution in [0.2, 0.25) is 0 Å². The maximum atomic E-state index is 10.3. The van der Waals surface area contributed by atoms with Gasteiger partial charge in [-0.1, -0.05) is 45.7 Å². The molecule has 2 nitrogen and oxygen atoms in total. The summed E-state index contributed by atoms with van der Waals surface area (Å²) >= 11 is 3.14. The van der Waals surface area contributed by atoms with Crippen LogP contribution in [0, 0.1) is 35.5 Å². The fraction of sp³-hybridized carbons (Fsp3) is 0.389. The summed E-state index contributed by atoms with van der Waals surface area (Å²) in [7, 11) is 0. The monoisotopic (exact) mass is 346 g/mol. The molecule has 0 aliphatic carbocycles. The Balaban J connectivity index is 3.52. The van der Waals surface area contributed by atoms with E-state index in [0.29, 0.717) is 12.8 Å². The zero-order chi connectivity index (χ0) is 15.6. The first-order valence-electron chi connectivity index (χ1n) is 6.86. The summed E-state index contributed by atoms with van der Waals surface area (Å²) in [5.74, 6) is 16.4. The molecule has 0 aromatic carbocycles. The maximum absolute atomic E-state index is 10.3. The van der Waals surface area contributed by atoms with E-state index in [4.69, 9.17) is 5.11 Å². The number of rotatable bonds is 7. The molecule has 0 radical (unpaired) electrons. The van der Waals surface area contributed by atoms with Gasteiger partial charge in [-0.2, -0.15) is 0 Å². The van der Waals surface area contributed by atoms with Crippen molar-refractivity contribution in [1.82, 2.24) is 0 Å². The highest BCUT2D eigenvalue weighted by atomic mass is 79.9. The van der Waals surface area contributed by atoms with Gasteiger partial charge in [-0.25, -0.2) is 0 Å². The van der Waals surface area contributed by atoms with Gasteiger partial charge in [-0.3, -0.25) is 4.79 Å². The van der Waals surface area contributed by atoms with E-state index in [9.17, 15) is 4.79 Å². The van der Waals surface area contributed by atoms with E-state index in [1.165, 1.54) is 0 Å². The summed E-state index contributed by atoms with van der Waals surface area (Å²) in [5, 5.41) is 8.44. The van der Waals surface area contributed by atoms with E-state index in [1.54, 1.807) is 11.1 Å². The molecule has 0 aromatic heterocycles. The van der Waals surface area contributed by atoms with Crippen molar-refractivity contribution < 1.29 is 9.90 Å². The van der Waals surface area contributed by atoms with Crippen LogP contribution in [0.15, 0.2) is 23.2 Å². The lowest BCUT2D eigenvalue weighted by molar-refractivity contribution is -0.137. The fourth-order valence-corrected chi connectivity index (χ4v) is 1.42. The number of hydrogen-bond donors (Lipinski definition) is 1. The highest BCUT2D eigenvalue weighted by molar-refractivity contribution is 9.11. The smallest absolute Gasteiger partial charge is 0.303 e. The minimum absolute atomic E-state index is 0.173. The summed E-state index contributed by atoms with van der Waals surface area (Å²) in [6.45, 7) is 0. The summed E-state index contributed by atoms with van der Waals surface area (Å²) in [4.78, 5) is 12.0. The molecule has 3 heteroatoms. The van der Waals surface area contributed by atoms with Crippen molar-refractivity contribution in [2.24, 2.45) is 0 Å². The second-order valence-corrected chi connectivity index (χ2v) is 4.61. The van der Waals surface area contributed by atoms with Crippen LogP contribution in [0.1, 0.15) is 44.9 Å². The predicted molar refractivity (Wildman–Crippen MR) is 90.5 cm³/mol. The Morgan fingerprint density at radius 1 is 1.00 bits per heavy atom. The molecule has 0 unspecified atom stereocenters. The normalized spacial score (nSPS) is 9.38. The van der Waals surface area contributed by atoms with Gasteiger partial charge in [0.1, 0.15) is 0 Å². The number of halogens is 1. The molecule has 0 saturated heterocycles. The lowest BCUT2D eigenvalue weighted by Gasteiger charge is -1.89. The lowest BCUT2D eigenvalue weighted by Crippen LogP contribution is -1.92. The molecule has 0 bridgehead atoms. The molecule has 0 fully saturated rings. The highest BCUT2D eigenvalue weighted by Gasteiger charge is 1.92. The van der Waals surface area contributed by atoms with Crippen molar-refractivity contribution in [3.8, 4) is 35.5 Å². The van der Waals surface area contributed by atoms with Crippen molar-refractivity contribution in [3.05, 3.63) is 23.2 Å². The number of carbonyl (C=O) groups is 1. The molecule has 0 saturated carbocycles. The molecule has 21 heavy (non-hydrogen) atoms. The fourth-order valence-electron chi connectivity index (χ4n) is 1.29. The van der Waals surface area contributed by atoms with E-state index in [2.05, 4.69) is 57.5 Å². The van der Waals surface area contributed by atoms with Gasteiger partial charge in [-0.15, -0.1) is 0 Å². The van der Waals surface area contributed by atoms with Gasteiger partial charge >= 0.3 is 5.97 Å². The Morgan fingerprint density at radius 2 is 1.67 bits per heavy atom. The first kappa shape index (κ1) is 19.1. The average Bonchev–Trinajstić information content (AvgIpc) is 2.46. The molecule has 0 heterocycles. The Bertz CT molecular complexity index is 525. The third-order valence-electron chi connectivity index (χ3n) is 2.29. The minimum atomic E-state index is -0.775. The molecule has 0 spiro atoms. The van der Waals surface area contributed by atoms with E-state index in [0.717, 1.165) is 25.7 Å². The van der Waals surface area contributed by atoms with Crippen LogP contribution in [0.3, 0.4) is 0 Å². The number of allylic oxidation sites excluding steroid dienone is 3. The van der Waals surface area contributed by atoms with Gasteiger partial charge in [0.2, 0.25) is 0 Å². The van der Waals surface area contributed by atoms with Crippen LogP contribution in [-0.2, 0) is 4.79 Å². The molecule has 0 amide bonds. The van der Waals surface area contributed by atoms with Crippen LogP contribution < -0.4 is 0 Å². The van der Waals surface area contributed by atoms with Crippen molar-refractivity contribution in [3.63, 3.8) is 0 Å². The molecule has 0 aromatic rings. The quantitative estimate of drug-likeness (QED) is 0.551. The van der Waals surface area contributed by atoms with Crippen LogP contribution in [0.4, 0.5) is 0 Å². The summed E-state index contributed by atoms with van der Waals surface area (Å²) in [5.41, 5.74) is 0. The van der Waals surface area contributed by atoms with Gasteiger partial charge in [-0.05, 0) is 54.7 Å². The standard InChI is InChI=1S/C18H19BrO2/c19-17-15-13-11-9-7-5-3-1-2-4-6-8-10-12-14-16-18(20)21/h7,9,15,17H,1-3,5,12,14,16H2,(H,20,21)/b9-7+,17-15+. The van der Waals surface area contributed by atoms with E-state index >= 15 is 0 Å². The van der Waals surface area contributed by atoms with E-state index in [1.807, 2.05) is 6.08 Å². The molecule has 110 valence electrons. The number of unbranched alkanes of at least 4 members (excludes halogenated alkanes) is 4. The molecule has 0 aliphatic rings. The van der Waals surface area contributed by atoms with Crippen LogP contribution >= 0.6 is 15.9 Å². The van der Waals surface area contributed by atoms with Crippen LogP contribution in [0.5, 0.6) is 0 Å². The second kappa shape index (κ2) is 16.2. The molecular weight excluding hydrogens is 328 g/mol. The first-order valence-corrected chi connectivity index (χ1v) is 7.77. The number of carboxylic acid groups (broad SMARTS) is 1. The number of hydrogen-bond acceptors (Lipinski definition) is 1. The van der Waals surface area contributed by atoms with Gasteiger partial charge in [0.05, 0.1) is 0 Å². The summed E-state index contributed by atoms with van der Waals surface area (Å²) in [6, 6.07) is 0. The Labute approximate surface area is 135 Å². The maximum Gasteiger partial charge on any atom is 0.303 e. The Kier molecular flexibility index (Phi) is 14.7. The summed E-state index contributed by atoms with van der Waals surface area (Å²) < 4.78 is 0. The van der Waals surface area contributed by atoms with Crippen molar-refractivity contribution in [2.75, 3.05) is 0 Å². The van der Waals surface area contributed by atoms with E-state index in [-0.39, 0.29) is 6.42 Å². The molecule has 0 aliphatic heterocycles. The van der Waals surface area contributed by atoms with Crippen molar-refractivity contribution in [2.45, 2.75) is 44.9 Å². The lowest BCUT2D eigenvalue weighted by atomic mass is 10.2. The third-order valence-corrected chi connectivity index (χ3v) is 2.55. The Morgan fingerprint density at radius 3 is 2.33 bits per heavy atom. The van der Waals surface area contributed by atoms with Gasteiger partial charge < -0.3 is 5.11 Å². The molecule has 1 N–H and O–H groups in total. The third kappa shape index (κ3) is 18.1. The van der Waals surface area contributed by atoms with E-state index < -0.39 is 5.97 Å². The van der Waals surface area contributed by atoms with Gasteiger partial charge in [0, 0.05) is 19.3 Å². The first-order chi connectivity index (χ1) is 10.3. The molecular formula is C18H19BrO2. The highest BCUT2D eigenvalue weighted by Crippen LogP contribution is 1.99. The predicted octanol–water partition coefficient (Wildman–Crippen LogP) is 4.28. The number of aliphatic carboxylic acids is 1. The topological polar surface area (TPSA) is 37.3 Å². The summed E-state index contributed by atoms with van der Waals surface area (Å²) in [6.07, 6.45) is 11.0. The second-order valence-electron chi connectivity index (χ2n) is 4.08. The van der Waals surface area contributed by atoms with Crippen molar-refractivity contribution in [1.29, 1.82) is 0 Å². The van der Waals surface area contributed by atoms with Crippen LogP contribution in [-0.4, -0.2) is 11.1 Å². The van der Waals surface area contributed by atoms with Gasteiger partial charge in [0.15, 0.2) is 0 Å². The Hall–Kier alpha value is -1.89. The largest absolute Gasteiger partial charge is 0.481 e. The average molecular weight is 347 g/mol. The molecule has 0 atom stereocenters. The van der Waals surface area contributed by atoms with Crippen LogP contribution in [0.25, 0.3) is 0 Å². The SMILES string of the molecule is O=C(O)CCCC#CC#CCCCC/C=C/C#C/C=C/Br. The zero-order valence-corrected chi connectivity index (χ0v) is 13.6.